The molecule has 208 valence electrons. The Morgan fingerprint density at radius 1 is 0.923 bits per heavy atom. The van der Waals surface area contributed by atoms with Crippen molar-refractivity contribution in [2.45, 2.75) is 52.7 Å². The van der Waals surface area contributed by atoms with Crippen LogP contribution < -0.4 is 9.62 Å². The van der Waals surface area contributed by atoms with Crippen LogP contribution in [0.1, 0.15) is 36.1 Å². The van der Waals surface area contributed by atoms with Gasteiger partial charge in [0, 0.05) is 23.5 Å². The highest BCUT2D eigenvalue weighted by Crippen LogP contribution is 2.25. The molecular formula is C30H36BrN3O4S. The Labute approximate surface area is 240 Å². The quantitative estimate of drug-likeness (QED) is 0.330. The van der Waals surface area contributed by atoms with Crippen molar-refractivity contribution >= 4 is 43.5 Å². The minimum absolute atomic E-state index is 0.134. The molecule has 0 heterocycles. The molecule has 9 heteroatoms. The molecule has 0 radical (unpaired) electrons. The third-order valence-corrected chi connectivity index (χ3v) is 8.31. The van der Waals surface area contributed by atoms with Crippen molar-refractivity contribution < 1.29 is 18.0 Å². The standard InChI is InChI=1S/C30H36BrN3O4S/c1-21(2)32-30(36)28(18-24-9-7-6-8-10-24)33(19-25-13-11-22(3)12-14-25)29(35)20-34(39(5,37)38)26-15-16-27(31)23(4)17-26/h6-17,21,28H,18-20H2,1-5H3,(H,32,36)/t28-/m0/s1. The SMILES string of the molecule is Cc1ccc(CN(C(=O)CN(c2ccc(Br)c(C)c2)S(C)(=O)=O)[C@@H](Cc2ccccc2)C(=O)NC(C)C)cc1. The Morgan fingerprint density at radius 2 is 1.56 bits per heavy atom. The van der Waals surface area contributed by atoms with E-state index in [9.17, 15) is 18.0 Å². The number of aryl methyl sites for hydroxylation is 2. The highest BCUT2D eigenvalue weighted by molar-refractivity contribution is 9.10. The van der Waals surface area contributed by atoms with Crippen LogP contribution >= 0.6 is 15.9 Å². The molecule has 0 aromatic heterocycles. The van der Waals surface area contributed by atoms with E-state index in [1.54, 1.807) is 18.2 Å². The molecule has 0 spiro atoms. The minimum Gasteiger partial charge on any atom is -0.352 e. The molecule has 0 aliphatic rings. The van der Waals surface area contributed by atoms with Gasteiger partial charge in [0.25, 0.3) is 0 Å². The van der Waals surface area contributed by atoms with Crippen LogP contribution in [0.3, 0.4) is 0 Å². The van der Waals surface area contributed by atoms with Crippen LogP contribution in [0, 0.1) is 13.8 Å². The van der Waals surface area contributed by atoms with Gasteiger partial charge in [-0.15, -0.1) is 0 Å². The third-order valence-electron chi connectivity index (χ3n) is 6.28. The molecule has 0 saturated heterocycles. The second-order valence-corrected chi connectivity index (χ2v) is 12.8. The number of anilines is 1. The van der Waals surface area contributed by atoms with Crippen molar-refractivity contribution in [1.82, 2.24) is 10.2 Å². The maximum atomic E-state index is 14.0. The van der Waals surface area contributed by atoms with Gasteiger partial charge in [0.2, 0.25) is 21.8 Å². The van der Waals surface area contributed by atoms with Crippen molar-refractivity contribution in [1.29, 1.82) is 0 Å². The van der Waals surface area contributed by atoms with Crippen LogP contribution in [0.5, 0.6) is 0 Å². The first-order valence-corrected chi connectivity index (χ1v) is 15.4. The van der Waals surface area contributed by atoms with Crippen LogP contribution in [0.4, 0.5) is 5.69 Å². The predicted molar refractivity (Wildman–Crippen MR) is 160 cm³/mol. The topological polar surface area (TPSA) is 86.8 Å². The Kier molecular flexibility index (Phi) is 10.3. The van der Waals surface area contributed by atoms with Gasteiger partial charge in [0.15, 0.2) is 0 Å². The molecule has 0 aliphatic carbocycles. The van der Waals surface area contributed by atoms with E-state index in [0.29, 0.717) is 5.69 Å². The summed E-state index contributed by atoms with van der Waals surface area (Å²) in [7, 11) is -3.81. The number of sulfonamides is 1. The number of halogens is 1. The number of rotatable bonds is 11. The largest absolute Gasteiger partial charge is 0.352 e. The molecule has 1 N–H and O–H groups in total. The molecular weight excluding hydrogens is 578 g/mol. The monoisotopic (exact) mass is 613 g/mol. The lowest BCUT2D eigenvalue weighted by atomic mass is 10.0. The third kappa shape index (κ3) is 8.66. The van der Waals surface area contributed by atoms with Crippen LogP contribution in [0.15, 0.2) is 77.3 Å². The molecule has 1 atom stereocenters. The van der Waals surface area contributed by atoms with E-state index < -0.39 is 28.5 Å². The summed E-state index contributed by atoms with van der Waals surface area (Å²) in [6.07, 6.45) is 1.36. The zero-order valence-corrected chi connectivity index (χ0v) is 25.4. The molecule has 0 aliphatic heterocycles. The molecule has 3 aromatic carbocycles. The van der Waals surface area contributed by atoms with E-state index in [0.717, 1.165) is 37.3 Å². The summed E-state index contributed by atoms with van der Waals surface area (Å²) < 4.78 is 27.7. The first kappa shape index (κ1) is 30.4. The molecule has 3 rings (SSSR count). The lowest BCUT2D eigenvalue weighted by molar-refractivity contribution is -0.140. The summed E-state index contributed by atoms with van der Waals surface area (Å²) in [4.78, 5) is 29.1. The molecule has 7 nitrogen and oxygen atoms in total. The molecule has 0 fully saturated rings. The molecule has 2 amide bonds. The van der Waals surface area contributed by atoms with Gasteiger partial charge in [-0.05, 0) is 62.6 Å². The lowest BCUT2D eigenvalue weighted by Crippen LogP contribution is -2.54. The summed E-state index contributed by atoms with van der Waals surface area (Å²) in [6, 6.07) is 21.4. The average molecular weight is 615 g/mol. The van der Waals surface area contributed by atoms with Gasteiger partial charge in [-0.2, -0.15) is 0 Å². The van der Waals surface area contributed by atoms with Crippen molar-refractivity contribution in [3.05, 3.63) is 99.5 Å². The Bertz CT molecular complexity index is 1390. The van der Waals surface area contributed by atoms with Crippen LogP contribution in [-0.4, -0.2) is 50.0 Å². The molecule has 0 saturated carbocycles. The van der Waals surface area contributed by atoms with Crippen molar-refractivity contribution in [2.24, 2.45) is 0 Å². The zero-order valence-electron chi connectivity index (χ0n) is 23.0. The lowest BCUT2D eigenvalue weighted by Gasteiger charge is -2.34. The Hall–Kier alpha value is -3.17. The Balaban J connectivity index is 2.06. The van der Waals surface area contributed by atoms with Gasteiger partial charge in [0.1, 0.15) is 12.6 Å². The maximum Gasteiger partial charge on any atom is 0.244 e. The van der Waals surface area contributed by atoms with Crippen molar-refractivity contribution in [2.75, 3.05) is 17.1 Å². The van der Waals surface area contributed by atoms with Crippen LogP contribution in [0.25, 0.3) is 0 Å². The fraction of sp³-hybridized carbons (Fsp3) is 0.333. The number of hydrogen-bond acceptors (Lipinski definition) is 4. The average Bonchev–Trinajstić information content (AvgIpc) is 2.87. The second kappa shape index (κ2) is 13.3. The summed E-state index contributed by atoms with van der Waals surface area (Å²) in [5, 5.41) is 2.95. The first-order chi connectivity index (χ1) is 18.3. The fourth-order valence-electron chi connectivity index (χ4n) is 4.22. The normalized spacial score (nSPS) is 12.2. The summed E-state index contributed by atoms with van der Waals surface area (Å²) in [6.45, 7) is 7.28. The maximum absolute atomic E-state index is 14.0. The molecule has 3 aromatic rings. The smallest absolute Gasteiger partial charge is 0.244 e. The number of nitrogens with zero attached hydrogens (tertiary/aromatic N) is 2. The zero-order chi connectivity index (χ0) is 28.7. The van der Waals surface area contributed by atoms with Gasteiger partial charge in [0.05, 0.1) is 11.9 Å². The van der Waals surface area contributed by atoms with E-state index in [4.69, 9.17) is 0 Å². The minimum atomic E-state index is -3.81. The number of benzene rings is 3. The van der Waals surface area contributed by atoms with E-state index >= 15 is 0 Å². The summed E-state index contributed by atoms with van der Waals surface area (Å²) in [5.41, 5.74) is 4.03. The molecule has 0 unspecified atom stereocenters. The van der Waals surface area contributed by atoms with Crippen LogP contribution in [-0.2, 0) is 32.6 Å². The van der Waals surface area contributed by atoms with E-state index in [1.807, 2.05) is 82.3 Å². The van der Waals surface area contributed by atoms with Crippen LogP contribution in [0.2, 0.25) is 0 Å². The highest BCUT2D eigenvalue weighted by Gasteiger charge is 2.33. The van der Waals surface area contributed by atoms with Gasteiger partial charge in [-0.3, -0.25) is 13.9 Å². The molecule has 39 heavy (non-hydrogen) atoms. The first-order valence-electron chi connectivity index (χ1n) is 12.8. The van der Waals surface area contributed by atoms with E-state index in [1.165, 1.54) is 4.90 Å². The summed E-state index contributed by atoms with van der Waals surface area (Å²) >= 11 is 3.44. The van der Waals surface area contributed by atoms with Gasteiger partial charge in [-0.25, -0.2) is 8.42 Å². The predicted octanol–water partition coefficient (Wildman–Crippen LogP) is 5.00. The van der Waals surface area contributed by atoms with E-state index in [-0.39, 0.29) is 24.9 Å². The fourth-order valence-corrected chi connectivity index (χ4v) is 5.31. The number of carbonyl (C=O) groups is 2. The number of carbonyl (C=O) groups excluding carboxylic acids is 2. The second-order valence-electron chi connectivity index (χ2n) is 10.1. The van der Waals surface area contributed by atoms with Crippen molar-refractivity contribution in [3.8, 4) is 0 Å². The van der Waals surface area contributed by atoms with Gasteiger partial charge >= 0.3 is 0 Å². The van der Waals surface area contributed by atoms with E-state index in [2.05, 4.69) is 21.2 Å². The van der Waals surface area contributed by atoms with Crippen molar-refractivity contribution in [3.63, 3.8) is 0 Å². The number of amides is 2. The van der Waals surface area contributed by atoms with Gasteiger partial charge in [-0.1, -0.05) is 76.1 Å². The number of nitrogens with one attached hydrogen (secondary N) is 1. The highest BCUT2D eigenvalue weighted by atomic mass is 79.9. The summed E-state index contributed by atoms with van der Waals surface area (Å²) in [5.74, 6) is -0.763. The van der Waals surface area contributed by atoms with Gasteiger partial charge < -0.3 is 10.2 Å². The molecule has 0 bridgehead atoms. The Morgan fingerprint density at radius 3 is 2.13 bits per heavy atom. The number of hydrogen-bond donors (Lipinski definition) is 1.